The molecule has 18 heavy (non-hydrogen) atoms. The maximum absolute atomic E-state index is 11.2. The highest BCUT2D eigenvalue weighted by atomic mass is 16.7. The Balaban J connectivity index is 3.67. The zero-order chi connectivity index (χ0) is 13.8. The van der Waals surface area contributed by atoms with E-state index in [1.807, 2.05) is 0 Å². The molecule has 0 aliphatic heterocycles. The number of carbonyl (C=O) groups is 2. The third kappa shape index (κ3) is 9.84. The Labute approximate surface area is 108 Å². The van der Waals surface area contributed by atoms with Gasteiger partial charge in [-0.2, -0.15) is 0 Å². The molecule has 0 aromatic carbocycles. The van der Waals surface area contributed by atoms with Crippen LogP contribution in [0.1, 0.15) is 39.5 Å². The normalized spacial score (nSPS) is 12.4. The summed E-state index contributed by atoms with van der Waals surface area (Å²) in [6.45, 7) is 4.35. The average Bonchev–Trinajstić information content (AvgIpc) is 2.35. The molecule has 5 heteroatoms. The van der Waals surface area contributed by atoms with Crippen molar-refractivity contribution in [1.29, 1.82) is 0 Å². The second-order valence-corrected chi connectivity index (χ2v) is 3.79. The molecule has 0 bridgehead atoms. The summed E-state index contributed by atoms with van der Waals surface area (Å²) in [6.07, 6.45) is 5.83. The largest absolute Gasteiger partial charge is 0.466 e. The van der Waals surface area contributed by atoms with Gasteiger partial charge in [0.15, 0.2) is 6.29 Å². The van der Waals surface area contributed by atoms with Gasteiger partial charge in [0.2, 0.25) is 0 Å². The fourth-order valence-electron chi connectivity index (χ4n) is 1.22. The van der Waals surface area contributed by atoms with Gasteiger partial charge in [-0.25, -0.2) is 9.59 Å². The topological polar surface area (TPSA) is 61.8 Å². The van der Waals surface area contributed by atoms with Crippen LogP contribution in [-0.2, 0) is 23.8 Å². The minimum absolute atomic E-state index is 0.565. The van der Waals surface area contributed by atoms with Gasteiger partial charge in [-0.05, 0) is 13.3 Å². The van der Waals surface area contributed by atoms with Crippen molar-refractivity contribution in [3.63, 3.8) is 0 Å². The Morgan fingerprint density at radius 1 is 1.11 bits per heavy atom. The number of rotatable bonds is 9. The van der Waals surface area contributed by atoms with Crippen molar-refractivity contribution < 1.29 is 23.8 Å². The van der Waals surface area contributed by atoms with Gasteiger partial charge in [0.25, 0.3) is 0 Å². The van der Waals surface area contributed by atoms with Gasteiger partial charge in [-0.15, -0.1) is 0 Å². The third-order valence-electron chi connectivity index (χ3n) is 2.19. The molecule has 0 spiro atoms. The molecule has 0 radical (unpaired) electrons. The number of hydrogen-bond donors (Lipinski definition) is 0. The van der Waals surface area contributed by atoms with E-state index in [0.717, 1.165) is 25.0 Å². The third-order valence-corrected chi connectivity index (χ3v) is 2.19. The Morgan fingerprint density at radius 3 is 2.39 bits per heavy atom. The van der Waals surface area contributed by atoms with Gasteiger partial charge < -0.3 is 14.2 Å². The van der Waals surface area contributed by atoms with Crippen LogP contribution in [0.25, 0.3) is 0 Å². The number of methoxy groups -OCH3 is 1. The zero-order valence-corrected chi connectivity index (χ0v) is 11.3. The summed E-state index contributed by atoms with van der Waals surface area (Å²) >= 11 is 0. The van der Waals surface area contributed by atoms with Crippen LogP contribution in [0.2, 0.25) is 0 Å². The Kier molecular flexibility index (Phi) is 9.96. The number of ether oxygens (including phenoxy) is 3. The van der Waals surface area contributed by atoms with Crippen molar-refractivity contribution in [3.05, 3.63) is 12.2 Å². The molecule has 0 rings (SSSR count). The van der Waals surface area contributed by atoms with Crippen LogP contribution in [0.5, 0.6) is 0 Å². The maximum atomic E-state index is 11.2. The quantitative estimate of drug-likeness (QED) is 0.274. The van der Waals surface area contributed by atoms with Crippen LogP contribution < -0.4 is 0 Å². The number of esters is 2. The first-order valence-electron chi connectivity index (χ1n) is 6.18. The van der Waals surface area contributed by atoms with E-state index in [2.05, 4.69) is 11.7 Å². The van der Waals surface area contributed by atoms with E-state index in [1.165, 1.54) is 20.0 Å². The number of hydrogen-bond acceptors (Lipinski definition) is 5. The van der Waals surface area contributed by atoms with Gasteiger partial charge in [0.1, 0.15) is 0 Å². The first kappa shape index (κ1) is 16.6. The SMILES string of the molecule is CCCCCCOC(C)OC(=O)C=CC(=O)OC. The molecule has 0 aliphatic rings. The predicted molar refractivity (Wildman–Crippen MR) is 66.8 cm³/mol. The molecule has 0 amide bonds. The van der Waals surface area contributed by atoms with E-state index in [-0.39, 0.29) is 0 Å². The van der Waals surface area contributed by atoms with Gasteiger partial charge in [0.05, 0.1) is 13.7 Å². The lowest BCUT2D eigenvalue weighted by Gasteiger charge is -2.12. The number of carbonyl (C=O) groups excluding carboxylic acids is 2. The molecule has 0 aromatic heterocycles. The second-order valence-electron chi connectivity index (χ2n) is 3.79. The van der Waals surface area contributed by atoms with Crippen LogP contribution in [0, 0.1) is 0 Å². The molecule has 0 fully saturated rings. The van der Waals surface area contributed by atoms with Crippen LogP contribution >= 0.6 is 0 Å². The molecular weight excluding hydrogens is 236 g/mol. The minimum Gasteiger partial charge on any atom is -0.466 e. The van der Waals surface area contributed by atoms with Crippen molar-refractivity contribution >= 4 is 11.9 Å². The summed E-state index contributed by atoms with van der Waals surface area (Å²) < 4.78 is 14.5. The summed E-state index contributed by atoms with van der Waals surface area (Å²) in [4.78, 5) is 21.9. The second kappa shape index (κ2) is 10.8. The molecule has 0 saturated heterocycles. The average molecular weight is 258 g/mol. The zero-order valence-electron chi connectivity index (χ0n) is 11.3. The Hall–Kier alpha value is -1.36. The van der Waals surface area contributed by atoms with Gasteiger partial charge in [-0.1, -0.05) is 26.2 Å². The maximum Gasteiger partial charge on any atom is 0.333 e. The van der Waals surface area contributed by atoms with Crippen molar-refractivity contribution in [1.82, 2.24) is 0 Å². The van der Waals surface area contributed by atoms with Crippen molar-refractivity contribution in [2.75, 3.05) is 13.7 Å². The highest BCUT2D eigenvalue weighted by Gasteiger charge is 2.07. The smallest absolute Gasteiger partial charge is 0.333 e. The van der Waals surface area contributed by atoms with Crippen molar-refractivity contribution in [3.8, 4) is 0 Å². The molecule has 0 heterocycles. The van der Waals surface area contributed by atoms with Gasteiger partial charge >= 0.3 is 11.9 Å². The highest BCUT2D eigenvalue weighted by molar-refractivity contribution is 5.91. The van der Waals surface area contributed by atoms with Crippen LogP contribution in [-0.4, -0.2) is 31.9 Å². The lowest BCUT2D eigenvalue weighted by Crippen LogP contribution is -2.17. The molecule has 0 N–H and O–H groups in total. The fraction of sp³-hybridized carbons (Fsp3) is 0.692. The van der Waals surface area contributed by atoms with Crippen molar-refractivity contribution in [2.45, 2.75) is 45.8 Å². The lowest BCUT2D eigenvalue weighted by molar-refractivity contribution is -0.169. The van der Waals surface area contributed by atoms with E-state index < -0.39 is 18.2 Å². The van der Waals surface area contributed by atoms with E-state index >= 15 is 0 Å². The molecule has 0 saturated carbocycles. The van der Waals surface area contributed by atoms with E-state index in [4.69, 9.17) is 9.47 Å². The van der Waals surface area contributed by atoms with E-state index in [1.54, 1.807) is 6.92 Å². The van der Waals surface area contributed by atoms with Crippen LogP contribution in [0.15, 0.2) is 12.2 Å². The summed E-state index contributed by atoms with van der Waals surface area (Å²) in [5, 5.41) is 0. The Bertz CT molecular complexity index is 273. The molecule has 0 aromatic rings. The van der Waals surface area contributed by atoms with Crippen LogP contribution in [0.4, 0.5) is 0 Å². The summed E-state index contributed by atoms with van der Waals surface area (Å²) in [5.41, 5.74) is 0. The van der Waals surface area contributed by atoms with Crippen molar-refractivity contribution in [2.24, 2.45) is 0 Å². The molecule has 1 atom stereocenters. The van der Waals surface area contributed by atoms with Gasteiger partial charge in [0, 0.05) is 12.2 Å². The fourth-order valence-corrected chi connectivity index (χ4v) is 1.22. The number of unbranched alkanes of at least 4 members (excludes halogenated alkanes) is 3. The standard InChI is InChI=1S/C13H22O5/c1-4-5-6-7-10-17-11(2)18-13(15)9-8-12(14)16-3/h8-9,11H,4-7,10H2,1-3H3. The molecular formula is C13H22O5. The summed E-state index contributed by atoms with van der Waals surface area (Å²) in [6, 6.07) is 0. The highest BCUT2D eigenvalue weighted by Crippen LogP contribution is 2.02. The van der Waals surface area contributed by atoms with Crippen LogP contribution in [0.3, 0.4) is 0 Å². The lowest BCUT2D eigenvalue weighted by atomic mass is 10.2. The monoisotopic (exact) mass is 258 g/mol. The van der Waals surface area contributed by atoms with E-state index in [0.29, 0.717) is 6.61 Å². The first-order chi connectivity index (χ1) is 8.60. The first-order valence-corrected chi connectivity index (χ1v) is 6.18. The predicted octanol–water partition coefficient (Wildman–Crippen LogP) is 2.20. The summed E-state index contributed by atoms with van der Waals surface area (Å²) in [5.74, 6) is -1.22. The molecule has 5 nitrogen and oxygen atoms in total. The Morgan fingerprint density at radius 2 is 1.78 bits per heavy atom. The summed E-state index contributed by atoms with van der Waals surface area (Å²) in [7, 11) is 1.24. The molecule has 0 aliphatic carbocycles. The minimum atomic E-state index is -0.624. The molecule has 1 unspecified atom stereocenters. The van der Waals surface area contributed by atoms with E-state index in [9.17, 15) is 9.59 Å². The van der Waals surface area contributed by atoms with Gasteiger partial charge in [-0.3, -0.25) is 0 Å². The molecule has 104 valence electrons.